The lowest BCUT2D eigenvalue weighted by atomic mass is 9.86. The standard InChI is InChI=1S/C20H22N2O5/c23-19(24)14-2-1-3-16(10-14)21-18(15-6-9-26-12-15)20(25)27-17-11-22-7-4-13(17)5-8-22/h1-3,6,9-10,12-13,17-18,21H,4-5,7-8,11H2,(H,23,24)/t17-,18?/m0/s1. The van der Waals surface area contributed by atoms with Crippen LogP contribution in [0.3, 0.4) is 0 Å². The minimum absolute atomic E-state index is 0.0958. The van der Waals surface area contributed by atoms with Gasteiger partial charge in [0.25, 0.3) is 0 Å². The molecule has 27 heavy (non-hydrogen) atoms. The van der Waals surface area contributed by atoms with Crippen molar-refractivity contribution in [3.63, 3.8) is 0 Å². The summed E-state index contributed by atoms with van der Waals surface area (Å²) in [5.41, 5.74) is 1.32. The third kappa shape index (κ3) is 3.83. The average molecular weight is 370 g/mol. The molecule has 2 bridgehead atoms. The van der Waals surface area contributed by atoms with Crippen LogP contribution in [0.4, 0.5) is 5.69 Å². The van der Waals surface area contributed by atoms with Crippen molar-refractivity contribution in [1.82, 2.24) is 4.90 Å². The van der Waals surface area contributed by atoms with Crippen LogP contribution in [0.25, 0.3) is 0 Å². The number of nitrogens with zero attached hydrogens (tertiary/aromatic N) is 1. The van der Waals surface area contributed by atoms with Crippen LogP contribution in [-0.2, 0) is 9.53 Å². The van der Waals surface area contributed by atoms with Gasteiger partial charge in [-0.2, -0.15) is 0 Å². The lowest BCUT2D eigenvalue weighted by Gasteiger charge is -2.44. The Hall–Kier alpha value is -2.80. The summed E-state index contributed by atoms with van der Waals surface area (Å²) in [5, 5.41) is 12.3. The zero-order chi connectivity index (χ0) is 18.8. The number of furan rings is 1. The van der Waals surface area contributed by atoms with Crippen LogP contribution in [0.2, 0.25) is 0 Å². The number of nitrogens with one attached hydrogen (secondary N) is 1. The maximum Gasteiger partial charge on any atom is 0.335 e. The SMILES string of the molecule is O=C(O)c1cccc(NC(C(=O)O[C@H]2CN3CCC2CC3)c2ccoc2)c1. The van der Waals surface area contributed by atoms with Crippen LogP contribution in [0.15, 0.2) is 47.3 Å². The Morgan fingerprint density at radius 3 is 2.70 bits per heavy atom. The van der Waals surface area contributed by atoms with E-state index >= 15 is 0 Å². The number of carboxylic acid groups (broad SMARTS) is 1. The molecule has 7 heteroatoms. The molecule has 0 radical (unpaired) electrons. The average Bonchev–Trinajstić information content (AvgIpc) is 3.21. The number of piperidine rings is 3. The molecule has 0 spiro atoms. The number of aromatic carboxylic acids is 1. The van der Waals surface area contributed by atoms with Crippen LogP contribution in [-0.4, -0.2) is 47.7 Å². The van der Waals surface area contributed by atoms with E-state index < -0.39 is 12.0 Å². The molecule has 0 saturated carbocycles. The molecule has 142 valence electrons. The first-order valence-electron chi connectivity index (χ1n) is 9.15. The summed E-state index contributed by atoms with van der Waals surface area (Å²) in [7, 11) is 0. The number of benzene rings is 1. The van der Waals surface area contributed by atoms with Gasteiger partial charge in [0.1, 0.15) is 6.10 Å². The Labute approximate surface area is 156 Å². The van der Waals surface area contributed by atoms with Crippen molar-refractivity contribution in [2.24, 2.45) is 5.92 Å². The number of fused-ring (bicyclic) bond motifs is 3. The second-order valence-electron chi connectivity index (χ2n) is 7.13. The molecule has 3 fully saturated rings. The first-order valence-corrected chi connectivity index (χ1v) is 9.15. The first kappa shape index (κ1) is 17.6. The molecular formula is C20H22N2O5. The molecule has 0 aliphatic carbocycles. The molecule has 3 aliphatic rings. The lowest BCUT2D eigenvalue weighted by Crippen LogP contribution is -2.52. The van der Waals surface area contributed by atoms with Crippen molar-refractivity contribution >= 4 is 17.6 Å². The fourth-order valence-electron chi connectivity index (χ4n) is 3.89. The normalized spacial score (nSPS) is 25.0. The highest BCUT2D eigenvalue weighted by atomic mass is 16.5. The van der Waals surface area contributed by atoms with Crippen molar-refractivity contribution < 1.29 is 23.8 Å². The number of carboxylic acids is 1. The van der Waals surface area contributed by atoms with Gasteiger partial charge in [-0.1, -0.05) is 6.07 Å². The van der Waals surface area contributed by atoms with Gasteiger partial charge in [0, 0.05) is 17.8 Å². The van der Waals surface area contributed by atoms with Crippen molar-refractivity contribution in [3.8, 4) is 0 Å². The van der Waals surface area contributed by atoms with Crippen molar-refractivity contribution in [2.75, 3.05) is 25.0 Å². The lowest BCUT2D eigenvalue weighted by molar-refractivity contribution is -0.159. The zero-order valence-corrected chi connectivity index (χ0v) is 14.8. The number of anilines is 1. The van der Waals surface area contributed by atoms with Crippen LogP contribution < -0.4 is 5.32 Å². The fraction of sp³-hybridized carbons (Fsp3) is 0.400. The van der Waals surface area contributed by atoms with E-state index in [1.807, 2.05) is 0 Å². The smallest absolute Gasteiger partial charge is 0.335 e. The van der Waals surface area contributed by atoms with E-state index in [1.54, 1.807) is 18.2 Å². The van der Waals surface area contributed by atoms with E-state index in [2.05, 4.69) is 10.2 Å². The van der Waals surface area contributed by atoms with Crippen molar-refractivity contribution in [1.29, 1.82) is 0 Å². The summed E-state index contributed by atoms with van der Waals surface area (Å²) >= 11 is 0. The van der Waals surface area contributed by atoms with Gasteiger partial charge in [0.05, 0.1) is 18.1 Å². The number of hydrogen-bond acceptors (Lipinski definition) is 6. The molecule has 3 saturated heterocycles. The highest BCUT2D eigenvalue weighted by molar-refractivity contribution is 5.89. The molecule has 3 aliphatic heterocycles. The molecule has 2 atom stereocenters. The fourth-order valence-corrected chi connectivity index (χ4v) is 3.89. The minimum Gasteiger partial charge on any atom is -0.478 e. The molecule has 0 amide bonds. The van der Waals surface area contributed by atoms with E-state index in [9.17, 15) is 14.7 Å². The number of rotatable bonds is 6. The molecule has 2 aromatic rings. The summed E-state index contributed by atoms with van der Waals surface area (Å²) in [5.74, 6) is -0.983. The van der Waals surface area contributed by atoms with E-state index in [4.69, 9.17) is 9.15 Å². The van der Waals surface area contributed by atoms with Crippen molar-refractivity contribution in [3.05, 3.63) is 54.0 Å². The van der Waals surface area contributed by atoms with E-state index in [0.29, 0.717) is 17.2 Å². The number of esters is 1. The number of carbonyl (C=O) groups is 2. The third-order valence-electron chi connectivity index (χ3n) is 5.40. The van der Waals surface area contributed by atoms with Gasteiger partial charge in [-0.3, -0.25) is 4.90 Å². The summed E-state index contributed by atoms with van der Waals surface area (Å²) in [6.45, 7) is 2.93. The van der Waals surface area contributed by atoms with Crippen LogP contribution in [0.1, 0.15) is 34.8 Å². The number of carbonyl (C=O) groups excluding carboxylic acids is 1. The first-order chi connectivity index (χ1) is 13.1. The Balaban J connectivity index is 1.52. The van der Waals surface area contributed by atoms with E-state index in [1.165, 1.54) is 24.7 Å². The Bertz CT molecular complexity index is 812. The summed E-state index contributed by atoms with van der Waals surface area (Å²) in [6.07, 6.45) is 5.02. The third-order valence-corrected chi connectivity index (χ3v) is 5.40. The molecule has 4 heterocycles. The van der Waals surface area contributed by atoms with Gasteiger partial charge in [0.2, 0.25) is 0 Å². The van der Waals surface area contributed by atoms with Gasteiger partial charge in [-0.25, -0.2) is 9.59 Å². The quantitative estimate of drug-likeness (QED) is 0.756. The monoisotopic (exact) mass is 370 g/mol. The predicted octanol–water partition coefficient (Wildman–Crippen LogP) is 2.77. The van der Waals surface area contributed by atoms with Gasteiger partial charge >= 0.3 is 11.9 Å². The summed E-state index contributed by atoms with van der Waals surface area (Å²) in [4.78, 5) is 26.5. The van der Waals surface area contributed by atoms with Gasteiger partial charge in [-0.15, -0.1) is 0 Å². The van der Waals surface area contributed by atoms with Gasteiger partial charge in [-0.05, 0) is 56.1 Å². The molecule has 5 rings (SSSR count). The highest BCUT2D eigenvalue weighted by Gasteiger charge is 2.38. The van der Waals surface area contributed by atoms with Crippen LogP contribution in [0, 0.1) is 5.92 Å². The Morgan fingerprint density at radius 2 is 2.07 bits per heavy atom. The molecule has 1 unspecified atom stereocenters. The highest BCUT2D eigenvalue weighted by Crippen LogP contribution is 2.31. The zero-order valence-electron chi connectivity index (χ0n) is 14.8. The van der Waals surface area contributed by atoms with E-state index in [-0.39, 0.29) is 17.6 Å². The molecular weight excluding hydrogens is 348 g/mol. The molecule has 2 N–H and O–H groups in total. The molecule has 1 aromatic carbocycles. The van der Waals surface area contributed by atoms with Gasteiger partial charge < -0.3 is 19.6 Å². The number of ether oxygens (including phenoxy) is 1. The maximum atomic E-state index is 12.9. The second kappa shape index (κ2) is 7.44. The summed E-state index contributed by atoms with van der Waals surface area (Å²) in [6, 6.07) is 7.31. The Kier molecular flexibility index (Phi) is 4.85. The molecule has 1 aromatic heterocycles. The summed E-state index contributed by atoms with van der Waals surface area (Å²) < 4.78 is 11.0. The van der Waals surface area contributed by atoms with Crippen molar-refractivity contribution in [2.45, 2.75) is 25.0 Å². The molecule has 7 nitrogen and oxygen atoms in total. The van der Waals surface area contributed by atoms with Crippen LogP contribution >= 0.6 is 0 Å². The van der Waals surface area contributed by atoms with E-state index in [0.717, 1.165) is 32.5 Å². The maximum absolute atomic E-state index is 12.9. The minimum atomic E-state index is -1.02. The largest absolute Gasteiger partial charge is 0.478 e. The predicted molar refractivity (Wildman–Crippen MR) is 97.5 cm³/mol. The Morgan fingerprint density at radius 1 is 1.26 bits per heavy atom. The second-order valence-corrected chi connectivity index (χ2v) is 7.13. The van der Waals surface area contributed by atoms with Crippen LogP contribution in [0.5, 0.6) is 0 Å². The van der Waals surface area contributed by atoms with Gasteiger partial charge in [0.15, 0.2) is 6.04 Å². The topological polar surface area (TPSA) is 92.0 Å². The number of hydrogen-bond donors (Lipinski definition) is 2.